The number of sulfonamides is 1. The van der Waals surface area contributed by atoms with Gasteiger partial charge in [-0.3, -0.25) is 4.79 Å². The summed E-state index contributed by atoms with van der Waals surface area (Å²) in [6.07, 6.45) is 1.84. The molecule has 0 atom stereocenters. The Morgan fingerprint density at radius 1 is 1.26 bits per heavy atom. The summed E-state index contributed by atoms with van der Waals surface area (Å²) in [6, 6.07) is 5.06. The van der Waals surface area contributed by atoms with Gasteiger partial charge in [0.05, 0.1) is 19.0 Å². The molecular formula is C19H30N2O5S. The normalized spacial score (nSPS) is 16.3. The second-order valence-corrected chi connectivity index (χ2v) is 9.08. The molecule has 1 aliphatic rings. The number of ether oxygens (including phenoxy) is 2. The highest BCUT2D eigenvalue weighted by Gasteiger charge is 2.28. The van der Waals surface area contributed by atoms with Gasteiger partial charge in [-0.05, 0) is 51.3 Å². The molecule has 8 heteroatoms. The fourth-order valence-corrected chi connectivity index (χ4v) is 4.64. The van der Waals surface area contributed by atoms with E-state index in [0.717, 1.165) is 0 Å². The van der Waals surface area contributed by atoms with Crippen LogP contribution in [0.3, 0.4) is 0 Å². The summed E-state index contributed by atoms with van der Waals surface area (Å²) >= 11 is 0. The Morgan fingerprint density at radius 3 is 2.48 bits per heavy atom. The van der Waals surface area contributed by atoms with E-state index >= 15 is 0 Å². The zero-order valence-corrected chi connectivity index (χ0v) is 17.3. The number of amides is 1. The molecule has 27 heavy (non-hydrogen) atoms. The van der Waals surface area contributed by atoms with Crippen molar-refractivity contribution < 1.29 is 22.7 Å². The first-order valence-electron chi connectivity index (χ1n) is 9.40. The van der Waals surface area contributed by atoms with Crippen LogP contribution in [0.2, 0.25) is 0 Å². The fraction of sp³-hybridized carbons (Fsp3) is 0.632. The van der Waals surface area contributed by atoms with Gasteiger partial charge in [0, 0.05) is 24.7 Å². The van der Waals surface area contributed by atoms with Gasteiger partial charge in [0.1, 0.15) is 0 Å². The van der Waals surface area contributed by atoms with Gasteiger partial charge in [0.15, 0.2) is 11.5 Å². The molecule has 1 amide bonds. The maximum atomic E-state index is 12.6. The van der Waals surface area contributed by atoms with Gasteiger partial charge in [0.25, 0.3) is 5.91 Å². The number of nitrogens with one attached hydrogen (secondary N) is 1. The van der Waals surface area contributed by atoms with E-state index in [1.807, 2.05) is 20.8 Å². The summed E-state index contributed by atoms with van der Waals surface area (Å²) < 4.78 is 36.8. The van der Waals surface area contributed by atoms with Gasteiger partial charge >= 0.3 is 0 Å². The number of piperidine rings is 1. The Labute approximate surface area is 162 Å². The Balaban J connectivity index is 1.96. The first-order valence-corrected chi connectivity index (χ1v) is 11.0. The third-order valence-corrected chi connectivity index (χ3v) is 6.51. The highest BCUT2D eigenvalue weighted by Crippen LogP contribution is 2.29. The van der Waals surface area contributed by atoms with E-state index in [4.69, 9.17) is 9.47 Å². The van der Waals surface area contributed by atoms with Crippen molar-refractivity contribution in [2.24, 2.45) is 0 Å². The number of rotatable bonds is 8. The number of hydrogen-bond donors (Lipinski definition) is 1. The maximum Gasteiger partial charge on any atom is 0.251 e. The molecule has 0 bridgehead atoms. The van der Waals surface area contributed by atoms with Gasteiger partial charge in [-0.15, -0.1) is 0 Å². The van der Waals surface area contributed by atoms with Crippen LogP contribution in [-0.2, 0) is 10.0 Å². The second-order valence-electron chi connectivity index (χ2n) is 7.00. The lowest BCUT2D eigenvalue weighted by molar-refractivity contribution is 0.0923. The van der Waals surface area contributed by atoms with Crippen molar-refractivity contribution in [3.05, 3.63) is 23.8 Å². The SMILES string of the molecule is CCCS(=O)(=O)N1CCC(NC(=O)c2ccc(OC(C)C)c(OC)c2)CC1. The Kier molecular flexibility index (Phi) is 7.49. The molecule has 7 nitrogen and oxygen atoms in total. The van der Waals surface area contributed by atoms with Crippen LogP contribution >= 0.6 is 0 Å². The molecular weight excluding hydrogens is 368 g/mol. The van der Waals surface area contributed by atoms with Crippen LogP contribution in [0.25, 0.3) is 0 Å². The molecule has 0 spiro atoms. The van der Waals surface area contributed by atoms with Crippen molar-refractivity contribution in [3.63, 3.8) is 0 Å². The van der Waals surface area contributed by atoms with Crippen molar-refractivity contribution in [3.8, 4) is 11.5 Å². The largest absolute Gasteiger partial charge is 0.493 e. The number of carbonyl (C=O) groups is 1. The molecule has 1 heterocycles. The van der Waals surface area contributed by atoms with Crippen molar-refractivity contribution in [2.45, 2.75) is 52.2 Å². The molecule has 1 saturated heterocycles. The van der Waals surface area contributed by atoms with Crippen LogP contribution in [0.15, 0.2) is 18.2 Å². The summed E-state index contributed by atoms with van der Waals surface area (Å²) in [7, 11) is -1.63. The summed E-state index contributed by atoms with van der Waals surface area (Å²) in [5, 5.41) is 2.99. The predicted molar refractivity (Wildman–Crippen MR) is 105 cm³/mol. The van der Waals surface area contributed by atoms with Crippen molar-refractivity contribution >= 4 is 15.9 Å². The molecule has 1 fully saturated rings. The van der Waals surface area contributed by atoms with E-state index < -0.39 is 10.0 Å². The van der Waals surface area contributed by atoms with E-state index in [1.165, 1.54) is 11.4 Å². The summed E-state index contributed by atoms with van der Waals surface area (Å²) in [4.78, 5) is 12.6. The van der Waals surface area contributed by atoms with Crippen LogP contribution in [0, 0.1) is 0 Å². The maximum absolute atomic E-state index is 12.6. The first kappa shape index (κ1) is 21.5. The van der Waals surface area contributed by atoms with E-state index in [9.17, 15) is 13.2 Å². The van der Waals surface area contributed by atoms with E-state index in [-0.39, 0.29) is 23.8 Å². The number of benzene rings is 1. The Hall–Kier alpha value is -1.80. The minimum absolute atomic E-state index is 0.00717. The highest BCUT2D eigenvalue weighted by atomic mass is 32.2. The number of hydrogen-bond acceptors (Lipinski definition) is 5. The molecule has 1 aromatic rings. The monoisotopic (exact) mass is 398 g/mol. The lowest BCUT2D eigenvalue weighted by Gasteiger charge is -2.31. The third-order valence-electron chi connectivity index (χ3n) is 4.43. The summed E-state index contributed by atoms with van der Waals surface area (Å²) in [5.74, 6) is 1.09. The van der Waals surface area contributed by atoms with Crippen LogP contribution < -0.4 is 14.8 Å². The molecule has 0 aliphatic carbocycles. The number of methoxy groups -OCH3 is 1. The molecule has 1 aromatic carbocycles. The van der Waals surface area contributed by atoms with Crippen LogP contribution in [0.4, 0.5) is 0 Å². The van der Waals surface area contributed by atoms with Crippen LogP contribution in [-0.4, -0.2) is 56.7 Å². The van der Waals surface area contributed by atoms with Gasteiger partial charge in [-0.25, -0.2) is 12.7 Å². The topological polar surface area (TPSA) is 84.9 Å². The van der Waals surface area contributed by atoms with E-state index in [0.29, 0.717) is 49.4 Å². The van der Waals surface area contributed by atoms with Gasteiger partial charge in [0.2, 0.25) is 10.0 Å². The number of nitrogens with zero attached hydrogens (tertiary/aromatic N) is 1. The molecule has 0 aromatic heterocycles. The highest BCUT2D eigenvalue weighted by molar-refractivity contribution is 7.89. The average molecular weight is 399 g/mol. The van der Waals surface area contributed by atoms with Crippen LogP contribution in [0.1, 0.15) is 50.4 Å². The first-order chi connectivity index (χ1) is 12.8. The van der Waals surface area contributed by atoms with Crippen LogP contribution in [0.5, 0.6) is 11.5 Å². The lowest BCUT2D eigenvalue weighted by Crippen LogP contribution is -2.47. The lowest BCUT2D eigenvalue weighted by atomic mass is 10.1. The van der Waals surface area contributed by atoms with Crippen molar-refractivity contribution in [1.82, 2.24) is 9.62 Å². The molecule has 0 radical (unpaired) electrons. The minimum Gasteiger partial charge on any atom is -0.493 e. The summed E-state index contributed by atoms with van der Waals surface area (Å²) in [5.41, 5.74) is 0.490. The molecule has 0 unspecified atom stereocenters. The zero-order chi connectivity index (χ0) is 20.0. The molecule has 1 aliphatic heterocycles. The predicted octanol–water partition coefficient (Wildman–Crippen LogP) is 2.42. The molecule has 1 N–H and O–H groups in total. The fourth-order valence-electron chi connectivity index (χ4n) is 3.09. The zero-order valence-electron chi connectivity index (χ0n) is 16.5. The van der Waals surface area contributed by atoms with Crippen molar-refractivity contribution in [1.29, 1.82) is 0 Å². The van der Waals surface area contributed by atoms with E-state index in [2.05, 4.69) is 5.32 Å². The third kappa shape index (κ3) is 5.84. The summed E-state index contributed by atoms with van der Waals surface area (Å²) in [6.45, 7) is 6.59. The van der Waals surface area contributed by atoms with Gasteiger partial charge in [-0.2, -0.15) is 0 Å². The molecule has 0 saturated carbocycles. The smallest absolute Gasteiger partial charge is 0.251 e. The number of carbonyl (C=O) groups excluding carboxylic acids is 1. The Bertz CT molecular complexity index is 740. The quantitative estimate of drug-likeness (QED) is 0.727. The minimum atomic E-state index is -3.17. The van der Waals surface area contributed by atoms with Gasteiger partial charge < -0.3 is 14.8 Å². The Morgan fingerprint density at radius 2 is 1.93 bits per heavy atom. The second kappa shape index (κ2) is 9.41. The molecule has 152 valence electrons. The standard InChI is InChI=1S/C19H30N2O5S/c1-5-12-27(23,24)21-10-8-16(9-11-21)20-19(22)15-6-7-17(26-14(2)3)18(13-15)25-4/h6-7,13-14,16H,5,8-12H2,1-4H3,(H,20,22). The molecule has 2 rings (SSSR count). The van der Waals surface area contributed by atoms with E-state index in [1.54, 1.807) is 18.2 Å². The average Bonchev–Trinajstić information content (AvgIpc) is 2.62. The van der Waals surface area contributed by atoms with Gasteiger partial charge in [-0.1, -0.05) is 6.92 Å². The van der Waals surface area contributed by atoms with Crippen molar-refractivity contribution in [2.75, 3.05) is 26.0 Å².